The smallest absolute Gasteiger partial charge is 0.257 e. The molecular formula is C24H19ClFN3O3. The van der Waals surface area contributed by atoms with Crippen LogP contribution in [-0.4, -0.2) is 15.6 Å². The molecule has 1 amide bonds. The maximum Gasteiger partial charge on any atom is 0.257 e. The molecular weight excluding hydrogens is 433 g/mol. The van der Waals surface area contributed by atoms with Crippen LogP contribution in [0.5, 0.6) is 0 Å². The van der Waals surface area contributed by atoms with Gasteiger partial charge >= 0.3 is 0 Å². The third kappa shape index (κ3) is 4.48. The van der Waals surface area contributed by atoms with Crippen LogP contribution in [0.4, 0.5) is 4.39 Å². The fraction of sp³-hybridized carbons (Fsp3) is 0.125. The van der Waals surface area contributed by atoms with Crippen molar-refractivity contribution in [3.8, 4) is 11.3 Å². The highest BCUT2D eigenvalue weighted by Crippen LogP contribution is 2.33. The highest BCUT2D eigenvalue weighted by molar-refractivity contribution is 6.33. The van der Waals surface area contributed by atoms with E-state index in [1.807, 2.05) is 24.3 Å². The topological polar surface area (TPSA) is 77.1 Å². The number of rotatable bonds is 6. The highest BCUT2D eigenvalue weighted by atomic mass is 35.5. The molecule has 4 rings (SSSR count). The number of carbonyl (C=O) groups is 1. The number of hydrogen-bond donors (Lipinski definition) is 1. The van der Waals surface area contributed by atoms with Gasteiger partial charge in [0.25, 0.3) is 11.5 Å². The van der Waals surface area contributed by atoms with E-state index in [1.165, 1.54) is 24.3 Å². The number of pyridine rings is 1. The van der Waals surface area contributed by atoms with Crippen molar-refractivity contribution in [3.05, 3.63) is 111 Å². The van der Waals surface area contributed by atoms with Crippen LogP contribution >= 0.6 is 11.6 Å². The van der Waals surface area contributed by atoms with E-state index < -0.39 is 11.7 Å². The van der Waals surface area contributed by atoms with Gasteiger partial charge in [0.2, 0.25) is 0 Å². The summed E-state index contributed by atoms with van der Waals surface area (Å²) in [5.41, 5.74) is 1.97. The average Bonchev–Trinajstić information content (AvgIpc) is 3.15. The van der Waals surface area contributed by atoms with Gasteiger partial charge in [0.15, 0.2) is 0 Å². The summed E-state index contributed by atoms with van der Waals surface area (Å²) in [6.07, 6.45) is 1.73. The van der Waals surface area contributed by atoms with Crippen molar-refractivity contribution >= 4 is 17.5 Å². The van der Waals surface area contributed by atoms with Gasteiger partial charge in [-0.05, 0) is 36.2 Å². The second-order valence-electron chi connectivity index (χ2n) is 7.22. The lowest BCUT2D eigenvalue weighted by atomic mass is 10.0. The van der Waals surface area contributed by atoms with Crippen LogP contribution in [0.3, 0.4) is 0 Å². The molecule has 0 fully saturated rings. The molecule has 4 aromatic rings. The zero-order valence-corrected chi connectivity index (χ0v) is 17.9. The van der Waals surface area contributed by atoms with Gasteiger partial charge in [0, 0.05) is 18.8 Å². The summed E-state index contributed by atoms with van der Waals surface area (Å²) in [4.78, 5) is 24.7. The first-order chi connectivity index (χ1) is 15.4. The Labute approximate surface area is 188 Å². The summed E-state index contributed by atoms with van der Waals surface area (Å²) >= 11 is 6.13. The van der Waals surface area contributed by atoms with E-state index in [0.29, 0.717) is 6.54 Å². The molecule has 8 heteroatoms. The van der Waals surface area contributed by atoms with Crippen LogP contribution in [0.25, 0.3) is 11.3 Å². The fourth-order valence-corrected chi connectivity index (χ4v) is 3.61. The summed E-state index contributed by atoms with van der Waals surface area (Å²) < 4.78 is 21.1. The van der Waals surface area contributed by atoms with Crippen molar-refractivity contribution in [2.75, 3.05) is 0 Å². The van der Waals surface area contributed by atoms with Crippen molar-refractivity contribution in [2.45, 2.75) is 20.0 Å². The number of benzene rings is 2. The van der Waals surface area contributed by atoms with Gasteiger partial charge in [-0.3, -0.25) is 9.59 Å². The lowest BCUT2D eigenvalue weighted by Gasteiger charge is -2.09. The number of hydrogen-bond acceptors (Lipinski definition) is 4. The molecule has 6 nitrogen and oxygen atoms in total. The average molecular weight is 452 g/mol. The van der Waals surface area contributed by atoms with E-state index >= 15 is 0 Å². The van der Waals surface area contributed by atoms with Gasteiger partial charge in [0.05, 0.1) is 17.1 Å². The number of aryl methyl sites for hydroxylation is 1. The minimum atomic E-state index is -0.590. The highest BCUT2D eigenvalue weighted by Gasteiger charge is 2.25. The molecule has 0 aliphatic heterocycles. The maximum absolute atomic E-state index is 14.3. The monoisotopic (exact) mass is 451 g/mol. The molecule has 1 N–H and O–H groups in total. The SMILES string of the molecule is Cc1onc(-c2c(F)cccc2Cl)c1C(=O)NCc1ccc(Cn2ccccc2=O)cc1. The first kappa shape index (κ1) is 21.5. The van der Waals surface area contributed by atoms with Gasteiger partial charge in [-0.25, -0.2) is 4.39 Å². The van der Waals surface area contributed by atoms with E-state index in [-0.39, 0.29) is 39.7 Å². The number of halogens is 2. The zero-order chi connectivity index (χ0) is 22.7. The fourth-order valence-electron chi connectivity index (χ4n) is 3.36. The van der Waals surface area contributed by atoms with E-state index in [0.717, 1.165) is 11.1 Å². The Bertz CT molecular complexity index is 1310. The van der Waals surface area contributed by atoms with Crippen molar-refractivity contribution in [3.63, 3.8) is 0 Å². The molecule has 0 aliphatic rings. The van der Waals surface area contributed by atoms with E-state index in [1.54, 1.807) is 29.8 Å². The number of nitrogens with zero attached hydrogens (tertiary/aromatic N) is 2. The second kappa shape index (κ2) is 9.20. The Morgan fingerprint density at radius 3 is 2.56 bits per heavy atom. The summed E-state index contributed by atoms with van der Waals surface area (Å²) in [7, 11) is 0. The van der Waals surface area contributed by atoms with Crippen LogP contribution in [0.1, 0.15) is 27.2 Å². The van der Waals surface area contributed by atoms with Crippen molar-refractivity contribution in [1.82, 2.24) is 15.0 Å². The first-order valence-corrected chi connectivity index (χ1v) is 10.2. The molecule has 0 bridgehead atoms. The standard InChI is InChI=1S/C24H19ClFN3O3/c1-15-21(23(28-32-15)22-18(25)5-4-6-19(22)26)24(31)27-13-16-8-10-17(11-9-16)14-29-12-3-2-7-20(29)30/h2-12H,13-14H2,1H3,(H,27,31). The predicted molar refractivity (Wildman–Crippen MR) is 119 cm³/mol. The minimum Gasteiger partial charge on any atom is -0.360 e. The van der Waals surface area contributed by atoms with Crippen molar-refractivity contribution in [1.29, 1.82) is 0 Å². The molecule has 0 atom stereocenters. The third-order valence-corrected chi connectivity index (χ3v) is 5.33. The normalized spacial score (nSPS) is 10.8. The van der Waals surface area contributed by atoms with Gasteiger partial charge in [0.1, 0.15) is 22.8 Å². The van der Waals surface area contributed by atoms with E-state index in [4.69, 9.17) is 16.1 Å². The van der Waals surface area contributed by atoms with Crippen molar-refractivity contribution in [2.24, 2.45) is 0 Å². The Kier molecular flexibility index (Phi) is 6.18. The second-order valence-corrected chi connectivity index (χ2v) is 7.63. The predicted octanol–water partition coefficient (Wildman–Crippen LogP) is 4.58. The summed E-state index contributed by atoms with van der Waals surface area (Å²) in [6, 6.07) is 16.8. The Hall–Kier alpha value is -3.71. The molecule has 162 valence electrons. The number of amides is 1. The molecule has 0 spiro atoms. The van der Waals surface area contributed by atoms with Crippen LogP contribution in [0, 0.1) is 12.7 Å². The van der Waals surface area contributed by atoms with Gasteiger partial charge in [-0.1, -0.05) is 53.2 Å². The Morgan fingerprint density at radius 1 is 1.09 bits per heavy atom. The summed E-state index contributed by atoms with van der Waals surface area (Å²) in [5.74, 6) is -0.772. The summed E-state index contributed by atoms with van der Waals surface area (Å²) in [6.45, 7) is 2.29. The van der Waals surface area contributed by atoms with Crippen molar-refractivity contribution < 1.29 is 13.7 Å². The lowest BCUT2D eigenvalue weighted by molar-refractivity contribution is 0.0950. The quantitative estimate of drug-likeness (QED) is 0.465. The van der Waals surface area contributed by atoms with Crippen LogP contribution in [0.2, 0.25) is 5.02 Å². The largest absolute Gasteiger partial charge is 0.360 e. The molecule has 2 heterocycles. The third-order valence-electron chi connectivity index (χ3n) is 5.02. The van der Waals surface area contributed by atoms with Crippen LogP contribution in [0.15, 0.2) is 76.2 Å². The minimum absolute atomic E-state index is 0.0247. The molecule has 2 aromatic heterocycles. The molecule has 0 saturated heterocycles. The molecule has 0 radical (unpaired) electrons. The summed E-state index contributed by atoms with van der Waals surface area (Å²) in [5, 5.41) is 6.80. The maximum atomic E-state index is 14.3. The molecule has 2 aromatic carbocycles. The Morgan fingerprint density at radius 2 is 1.84 bits per heavy atom. The first-order valence-electron chi connectivity index (χ1n) is 9.86. The van der Waals surface area contributed by atoms with Crippen LogP contribution < -0.4 is 10.9 Å². The number of carbonyl (C=O) groups excluding carboxylic acids is 1. The van der Waals surface area contributed by atoms with E-state index in [2.05, 4.69) is 10.5 Å². The van der Waals surface area contributed by atoms with Gasteiger partial charge < -0.3 is 14.4 Å². The van der Waals surface area contributed by atoms with Gasteiger partial charge in [-0.2, -0.15) is 0 Å². The lowest BCUT2D eigenvalue weighted by Crippen LogP contribution is -2.24. The number of nitrogens with one attached hydrogen (secondary N) is 1. The zero-order valence-electron chi connectivity index (χ0n) is 17.1. The Balaban J connectivity index is 1.47. The molecule has 0 saturated carbocycles. The van der Waals surface area contributed by atoms with Gasteiger partial charge in [-0.15, -0.1) is 0 Å². The number of aromatic nitrogens is 2. The van der Waals surface area contributed by atoms with E-state index in [9.17, 15) is 14.0 Å². The molecule has 32 heavy (non-hydrogen) atoms. The molecule has 0 aliphatic carbocycles. The van der Waals surface area contributed by atoms with Crippen LogP contribution in [-0.2, 0) is 13.1 Å². The molecule has 0 unspecified atom stereocenters.